The summed E-state index contributed by atoms with van der Waals surface area (Å²) in [4.78, 5) is 24.6. The molecule has 1 rings (SSSR count). The first-order valence-electron chi connectivity index (χ1n) is 5.75. The lowest BCUT2D eigenvalue weighted by Crippen LogP contribution is -2.54. The van der Waals surface area contributed by atoms with Crippen LogP contribution < -0.4 is 5.32 Å². The van der Waals surface area contributed by atoms with E-state index in [-0.39, 0.29) is 24.9 Å². The molecule has 0 aliphatic carbocycles. The van der Waals surface area contributed by atoms with E-state index in [2.05, 4.69) is 10.1 Å². The molecule has 0 aromatic rings. The van der Waals surface area contributed by atoms with E-state index in [0.717, 1.165) is 0 Å². The Bertz CT molecular complexity index is 296. The van der Waals surface area contributed by atoms with Crippen LogP contribution in [0.15, 0.2) is 0 Å². The Labute approximate surface area is 101 Å². The first-order chi connectivity index (χ1) is 7.89. The largest absolute Gasteiger partial charge is 0.467 e. The lowest BCUT2D eigenvalue weighted by Gasteiger charge is -2.36. The molecule has 0 aromatic carbocycles. The summed E-state index contributed by atoms with van der Waals surface area (Å²) >= 11 is 0. The van der Waals surface area contributed by atoms with E-state index in [0.29, 0.717) is 13.1 Å². The van der Waals surface area contributed by atoms with Crippen LogP contribution in [0.3, 0.4) is 0 Å². The van der Waals surface area contributed by atoms with Crippen molar-refractivity contribution in [3.05, 3.63) is 0 Å². The van der Waals surface area contributed by atoms with Gasteiger partial charge in [0.25, 0.3) is 0 Å². The van der Waals surface area contributed by atoms with Gasteiger partial charge in [0.2, 0.25) is 0 Å². The fraction of sp³-hybridized carbons (Fsp3) is 0.818. The quantitative estimate of drug-likeness (QED) is 0.675. The van der Waals surface area contributed by atoms with Gasteiger partial charge in [-0.05, 0) is 13.8 Å². The van der Waals surface area contributed by atoms with Crippen molar-refractivity contribution >= 4 is 12.0 Å². The molecule has 0 atom stereocenters. The minimum atomic E-state index is -1.44. The predicted molar refractivity (Wildman–Crippen MR) is 61.4 cm³/mol. The normalized spacial score (nSPS) is 19.0. The molecule has 1 saturated heterocycles. The number of methoxy groups -OCH3 is 1. The molecule has 2 N–H and O–H groups in total. The van der Waals surface area contributed by atoms with Crippen LogP contribution >= 0.6 is 0 Å². The molecule has 0 radical (unpaired) electrons. The Balaban J connectivity index is 2.50. The number of urea groups is 1. The molecule has 1 aliphatic heterocycles. The number of hydrogen-bond acceptors (Lipinski definition) is 4. The highest BCUT2D eigenvalue weighted by Crippen LogP contribution is 2.23. The minimum absolute atomic E-state index is 0.0731. The predicted octanol–water partition coefficient (Wildman–Crippen LogP) is 0.104. The molecule has 0 bridgehead atoms. The maximum atomic E-state index is 11.7. The van der Waals surface area contributed by atoms with Crippen LogP contribution in [-0.2, 0) is 9.53 Å². The van der Waals surface area contributed by atoms with E-state index in [4.69, 9.17) is 0 Å². The van der Waals surface area contributed by atoms with Crippen molar-refractivity contribution in [2.24, 2.45) is 0 Å². The minimum Gasteiger partial charge on any atom is -0.467 e. The van der Waals surface area contributed by atoms with Crippen molar-refractivity contribution in [1.82, 2.24) is 10.2 Å². The zero-order chi connectivity index (χ0) is 13.1. The van der Waals surface area contributed by atoms with Crippen LogP contribution in [0.25, 0.3) is 0 Å². The van der Waals surface area contributed by atoms with Gasteiger partial charge in [0.1, 0.15) is 0 Å². The van der Waals surface area contributed by atoms with Gasteiger partial charge in [0.05, 0.1) is 7.11 Å². The lowest BCUT2D eigenvalue weighted by molar-refractivity contribution is -0.166. The number of amides is 2. The molecular weight excluding hydrogens is 224 g/mol. The van der Waals surface area contributed by atoms with Crippen LogP contribution in [0, 0.1) is 0 Å². The molecule has 98 valence electrons. The average Bonchev–Trinajstić information content (AvgIpc) is 2.27. The third kappa shape index (κ3) is 3.33. The molecule has 1 fully saturated rings. The smallest absolute Gasteiger partial charge is 0.337 e. The van der Waals surface area contributed by atoms with E-state index in [9.17, 15) is 14.7 Å². The molecule has 17 heavy (non-hydrogen) atoms. The second-order valence-electron chi connectivity index (χ2n) is 4.61. The number of carbonyl (C=O) groups excluding carboxylic acids is 2. The zero-order valence-corrected chi connectivity index (χ0v) is 10.5. The maximum Gasteiger partial charge on any atom is 0.337 e. The van der Waals surface area contributed by atoms with Gasteiger partial charge in [-0.2, -0.15) is 0 Å². The van der Waals surface area contributed by atoms with Crippen molar-refractivity contribution in [1.29, 1.82) is 0 Å². The highest BCUT2D eigenvalue weighted by atomic mass is 16.5. The van der Waals surface area contributed by atoms with Gasteiger partial charge >= 0.3 is 12.0 Å². The Hall–Kier alpha value is -1.30. The highest BCUT2D eigenvalue weighted by molar-refractivity contribution is 5.80. The Morgan fingerprint density at radius 3 is 2.29 bits per heavy atom. The molecule has 6 nitrogen and oxygen atoms in total. The first kappa shape index (κ1) is 13.8. The number of aliphatic hydroxyl groups is 1. The molecule has 6 heteroatoms. The second kappa shape index (κ2) is 5.35. The Kier molecular flexibility index (Phi) is 4.34. The van der Waals surface area contributed by atoms with Crippen LogP contribution in [0.1, 0.15) is 26.7 Å². The molecule has 0 unspecified atom stereocenters. The maximum absolute atomic E-state index is 11.7. The van der Waals surface area contributed by atoms with E-state index < -0.39 is 11.6 Å². The number of hydrogen-bond donors (Lipinski definition) is 2. The van der Waals surface area contributed by atoms with Crippen LogP contribution in [0.5, 0.6) is 0 Å². The molecular formula is C11H20N2O4. The van der Waals surface area contributed by atoms with E-state index >= 15 is 0 Å². The van der Waals surface area contributed by atoms with Crippen LogP contribution in [0.4, 0.5) is 4.79 Å². The topological polar surface area (TPSA) is 78.9 Å². The van der Waals surface area contributed by atoms with Crippen molar-refractivity contribution in [3.8, 4) is 0 Å². The third-order valence-electron chi connectivity index (χ3n) is 2.86. The summed E-state index contributed by atoms with van der Waals surface area (Å²) in [6.07, 6.45) is 0.427. The lowest BCUT2D eigenvalue weighted by atomic mass is 9.92. The van der Waals surface area contributed by atoms with Gasteiger partial charge < -0.3 is 20.1 Å². The Morgan fingerprint density at radius 1 is 1.35 bits per heavy atom. The monoisotopic (exact) mass is 244 g/mol. The first-order valence-corrected chi connectivity index (χ1v) is 5.75. The summed E-state index contributed by atoms with van der Waals surface area (Å²) in [6, 6.07) is -0.0872. The summed E-state index contributed by atoms with van der Waals surface area (Å²) in [5, 5.41) is 12.8. The molecule has 1 heterocycles. The standard InChI is InChI=1S/C11H20N2O4/c1-8(2)12-10(15)13-6-4-11(16,5-7-13)9(14)17-3/h8,16H,4-7H2,1-3H3,(H,12,15). The van der Waals surface area contributed by atoms with Crippen molar-refractivity contribution in [3.63, 3.8) is 0 Å². The van der Waals surface area contributed by atoms with Crippen LogP contribution in [-0.4, -0.2) is 53.8 Å². The van der Waals surface area contributed by atoms with Gasteiger partial charge in [-0.15, -0.1) is 0 Å². The van der Waals surface area contributed by atoms with Gasteiger partial charge in [0.15, 0.2) is 5.60 Å². The summed E-state index contributed by atoms with van der Waals surface area (Å²) in [5.41, 5.74) is -1.44. The molecule has 0 spiro atoms. The van der Waals surface area contributed by atoms with E-state index in [1.807, 2.05) is 13.8 Å². The Morgan fingerprint density at radius 2 is 1.88 bits per heavy atom. The number of esters is 1. The third-order valence-corrected chi connectivity index (χ3v) is 2.86. The summed E-state index contributed by atoms with van der Waals surface area (Å²) < 4.78 is 4.54. The SMILES string of the molecule is COC(=O)C1(O)CCN(C(=O)NC(C)C)CC1. The van der Waals surface area contributed by atoms with E-state index in [1.54, 1.807) is 4.90 Å². The van der Waals surface area contributed by atoms with Crippen molar-refractivity contribution in [2.75, 3.05) is 20.2 Å². The van der Waals surface area contributed by atoms with Gasteiger partial charge in [0, 0.05) is 32.0 Å². The second-order valence-corrected chi connectivity index (χ2v) is 4.61. The zero-order valence-electron chi connectivity index (χ0n) is 10.5. The van der Waals surface area contributed by atoms with Crippen molar-refractivity contribution in [2.45, 2.75) is 38.3 Å². The van der Waals surface area contributed by atoms with E-state index in [1.165, 1.54) is 7.11 Å². The molecule has 0 aromatic heterocycles. The fourth-order valence-electron chi connectivity index (χ4n) is 1.81. The molecule has 2 amide bonds. The number of nitrogens with zero attached hydrogens (tertiary/aromatic N) is 1. The van der Waals surface area contributed by atoms with Gasteiger partial charge in [-0.25, -0.2) is 9.59 Å². The number of carbonyl (C=O) groups is 2. The highest BCUT2D eigenvalue weighted by Gasteiger charge is 2.41. The molecule has 1 aliphatic rings. The molecule has 0 saturated carbocycles. The fourth-order valence-corrected chi connectivity index (χ4v) is 1.81. The van der Waals surface area contributed by atoms with Gasteiger partial charge in [-0.3, -0.25) is 0 Å². The number of rotatable bonds is 2. The van der Waals surface area contributed by atoms with Crippen molar-refractivity contribution < 1.29 is 19.4 Å². The summed E-state index contributed by atoms with van der Waals surface area (Å²) in [5.74, 6) is -0.624. The number of likely N-dealkylation sites (tertiary alicyclic amines) is 1. The summed E-state index contributed by atoms with van der Waals surface area (Å²) in [7, 11) is 1.25. The van der Waals surface area contributed by atoms with Crippen LogP contribution in [0.2, 0.25) is 0 Å². The summed E-state index contributed by atoms with van der Waals surface area (Å²) in [6.45, 7) is 4.47. The number of nitrogens with one attached hydrogen (secondary N) is 1. The number of ether oxygens (including phenoxy) is 1. The number of piperidine rings is 1. The average molecular weight is 244 g/mol. The van der Waals surface area contributed by atoms with Gasteiger partial charge in [-0.1, -0.05) is 0 Å².